The fourth-order valence-corrected chi connectivity index (χ4v) is 3.30. The molecule has 1 aliphatic heterocycles. The lowest BCUT2D eigenvalue weighted by Crippen LogP contribution is -2.36. The maximum absolute atomic E-state index is 14.1. The molecule has 8 heteroatoms. The van der Waals surface area contributed by atoms with Crippen molar-refractivity contribution in [3.8, 4) is 0 Å². The predicted molar refractivity (Wildman–Crippen MR) is 90.8 cm³/mol. The van der Waals surface area contributed by atoms with Gasteiger partial charge in [0.1, 0.15) is 18.0 Å². The zero-order valence-corrected chi connectivity index (χ0v) is 13.8. The van der Waals surface area contributed by atoms with E-state index in [0.29, 0.717) is 31.0 Å². The van der Waals surface area contributed by atoms with Crippen LogP contribution in [0.4, 0.5) is 20.3 Å². The topological polar surface area (TPSA) is 49.6 Å². The van der Waals surface area contributed by atoms with Gasteiger partial charge in [-0.05, 0) is 25.5 Å². The predicted octanol–water partition coefficient (Wildman–Crippen LogP) is 2.51. The maximum atomic E-state index is 14.1. The highest BCUT2D eigenvalue weighted by Gasteiger charge is 2.25. The van der Waals surface area contributed by atoms with Crippen molar-refractivity contribution >= 4 is 17.2 Å². The second kappa shape index (κ2) is 6.27. The first-order valence-corrected chi connectivity index (χ1v) is 8.24. The number of benzene rings is 1. The van der Waals surface area contributed by atoms with Gasteiger partial charge >= 0.3 is 0 Å². The van der Waals surface area contributed by atoms with E-state index in [4.69, 9.17) is 0 Å². The molecule has 2 aromatic heterocycles. The molecule has 3 heterocycles. The van der Waals surface area contributed by atoms with Crippen LogP contribution in [0.25, 0.3) is 5.65 Å². The van der Waals surface area contributed by atoms with Crippen molar-refractivity contribution in [3.05, 3.63) is 48.6 Å². The van der Waals surface area contributed by atoms with Gasteiger partial charge in [-0.1, -0.05) is 0 Å². The SMILES string of the molecule is CC1CCN(c2ccc(F)cc2F)CCN1c1nccn2cnnc12. The molecule has 25 heavy (non-hydrogen) atoms. The van der Waals surface area contributed by atoms with Gasteiger partial charge in [-0.3, -0.25) is 4.40 Å². The molecule has 4 rings (SSSR count). The standard InChI is InChI=1S/C17H18F2N6/c1-12-4-6-23(15-3-2-13(18)10-14(15)19)8-9-25(12)16-17-22-21-11-24(17)7-5-20-16/h2-3,5,7,10-12H,4,6,8-9H2,1H3. The number of fused-ring (bicyclic) bond motifs is 1. The molecule has 0 spiro atoms. The minimum atomic E-state index is -0.561. The van der Waals surface area contributed by atoms with Gasteiger partial charge in [-0.2, -0.15) is 0 Å². The van der Waals surface area contributed by atoms with Gasteiger partial charge in [-0.15, -0.1) is 10.2 Å². The molecule has 1 atom stereocenters. The lowest BCUT2D eigenvalue weighted by molar-refractivity contribution is 0.578. The number of hydrogen-bond acceptors (Lipinski definition) is 5. The van der Waals surface area contributed by atoms with E-state index in [2.05, 4.69) is 27.0 Å². The summed E-state index contributed by atoms with van der Waals surface area (Å²) in [5.41, 5.74) is 1.14. The average molecular weight is 344 g/mol. The Hall–Kier alpha value is -2.77. The minimum Gasteiger partial charge on any atom is -0.367 e. The Morgan fingerprint density at radius 1 is 1.16 bits per heavy atom. The third-order valence-electron chi connectivity index (χ3n) is 4.68. The van der Waals surface area contributed by atoms with Gasteiger partial charge in [0.05, 0.1) is 5.69 Å². The molecule has 0 bridgehead atoms. The summed E-state index contributed by atoms with van der Waals surface area (Å²) < 4.78 is 29.1. The first-order chi connectivity index (χ1) is 12.1. The summed E-state index contributed by atoms with van der Waals surface area (Å²) in [6.45, 7) is 4.09. The van der Waals surface area contributed by atoms with E-state index in [0.717, 1.165) is 18.3 Å². The van der Waals surface area contributed by atoms with E-state index in [1.54, 1.807) is 12.5 Å². The highest BCUT2D eigenvalue weighted by molar-refractivity contribution is 5.64. The molecule has 0 saturated carbocycles. The second-order valence-electron chi connectivity index (χ2n) is 6.23. The van der Waals surface area contributed by atoms with Crippen molar-refractivity contribution in [1.82, 2.24) is 19.6 Å². The van der Waals surface area contributed by atoms with Crippen molar-refractivity contribution in [3.63, 3.8) is 0 Å². The van der Waals surface area contributed by atoms with Gasteiger partial charge in [0, 0.05) is 44.1 Å². The molecule has 130 valence electrons. The summed E-state index contributed by atoms with van der Waals surface area (Å²) in [6.07, 6.45) is 6.00. The van der Waals surface area contributed by atoms with Gasteiger partial charge in [-0.25, -0.2) is 13.8 Å². The van der Waals surface area contributed by atoms with Gasteiger partial charge in [0.25, 0.3) is 0 Å². The van der Waals surface area contributed by atoms with Crippen LogP contribution >= 0.6 is 0 Å². The minimum absolute atomic E-state index is 0.212. The molecule has 0 radical (unpaired) electrons. The lowest BCUT2D eigenvalue weighted by atomic mass is 10.2. The normalized spacial score (nSPS) is 18.6. The Balaban J connectivity index is 1.62. The van der Waals surface area contributed by atoms with Crippen LogP contribution in [-0.4, -0.2) is 45.3 Å². The smallest absolute Gasteiger partial charge is 0.203 e. The van der Waals surface area contributed by atoms with Gasteiger partial charge in [0.15, 0.2) is 5.82 Å². The number of aromatic nitrogens is 4. The summed E-state index contributed by atoms with van der Waals surface area (Å²) in [7, 11) is 0. The molecule has 0 amide bonds. The van der Waals surface area contributed by atoms with E-state index in [-0.39, 0.29) is 6.04 Å². The van der Waals surface area contributed by atoms with Crippen LogP contribution in [0.15, 0.2) is 36.9 Å². The molecular formula is C17H18F2N6. The van der Waals surface area contributed by atoms with Crippen LogP contribution < -0.4 is 9.80 Å². The number of rotatable bonds is 2. The van der Waals surface area contributed by atoms with Crippen LogP contribution in [0, 0.1) is 11.6 Å². The zero-order chi connectivity index (χ0) is 17.4. The fraction of sp³-hybridized carbons (Fsp3) is 0.353. The number of anilines is 2. The number of nitrogens with zero attached hydrogens (tertiary/aromatic N) is 6. The number of hydrogen-bond donors (Lipinski definition) is 0. The largest absolute Gasteiger partial charge is 0.367 e. The molecule has 1 aliphatic rings. The highest BCUT2D eigenvalue weighted by atomic mass is 19.1. The summed E-state index contributed by atoms with van der Waals surface area (Å²) in [6, 6.07) is 3.94. The summed E-state index contributed by atoms with van der Waals surface area (Å²) in [5, 5.41) is 8.09. The first kappa shape index (κ1) is 15.7. The Morgan fingerprint density at radius 2 is 2.04 bits per heavy atom. The van der Waals surface area contributed by atoms with E-state index in [1.165, 1.54) is 12.1 Å². The van der Waals surface area contributed by atoms with Crippen LogP contribution in [0.5, 0.6) is 0 Å². The molecule has 1 saturated heterocycles. The Morgan fingerprint density at radius 3 is 2.88 bits per heavy atom. The molecule has 1 fully saturated rings. The van der Waals surface area contributed by atoms with E-state index >= 15 is 0 Å². The Labute approximate surface area is 143 Å². The quantitative estimate of drug-likeness (QED) is 0.715. The van der Waals surface area contributed by atoms with Crippen molar-refractivity contribution in [2.45, 2.75) is 19.4 Å². The van der Waals surface area contributed by atoms with Crippen molar-refractivity contribution < 1.29 is 8.78 Å². The van der Waals surface area contributed by atoms with Crippen molar-refractivity contribution in [2.24, 2.45) is 0 Å². The maximum Gasteiger partial charge on any atom is 0.203 e. The van der Waals surface area contributed by atoms with Crippen molar-refractivity contribution in [1.29, 1.82) is 0 Å². The fourth-order valence-electron chi connectivity index (χ4n) is 3.30. The Kier molecular flexibility index (Phi) is 3.95. The third kappa shape index (κ3) is 2.88. The van der Waals surface area contributed by atoms with Crippen molar-refractivity contribution in [2.75, 3.05) is 29.4 Å². The molecule has 1 unspecified atom stereocenters. The molecular weight excluding hydrogens is 326 g/mol. The highest BCUT2D eigenvalue weighted by Crippen LogP contribution is 2.26. The number of halogens is 2. The van der Waals surface area contributed by atoms with Crippen LogP contribution in [-0.2, 0) is 0 Å². The summed E-state index contributed by atoms with van der Waals surface area (Å²) in [4.78, 5) is 8.61. The van der Waals surface area contributed by atoms with E-state index in [9.17, 15) is 8.78 Å². The molecule has 0 aliphatic carbocycles. The molecule has 0 N–H and O–H groups in total. The van der Waals surface area contributed by atoms with Crippen LogP contribution in [0.1, 0.15) is 13.3 Å². The van der Waals surface area contributed by atoms with E-state index < -0.39 is 11.6 Å². The second-order valence-corrected chi connectivity index (χ2v) is 6.23. The molecule has 3 aromatic rings. The Bertz CT molecular complexity index is 896. The third-order valence-corrected chi connectivity index (χ3v) is 4.68. The summed E-state index contributed by atoms with van der Waals surface area (Å²) in [5.74, 6) is -0.318. The zero-order valence-electron chi connectivity index (χ0n) is 13.8. The molecule has 1 aromatic carbocycles. The van der Waals surface area contributed by atoms with Crippen LogP contribution in [0.2, 0.25) is 0 Å². The lowest BCUT2D eigenvalue weighted by Gasteiger charge is -2.27. The summed E-state index contributed by atoms with van der Waals surface area (Å²) >= 11 is 0. The van der Waals surface area contributed by atoms with Gasteiger partial charge in [0.2, 0.25) is 5.65 Å². The van der Waals surface area contributed by atoms with E-state index in [1.807, 2.05) is 15.5 Å². The molecule has 6 nitrogen and oxygen atoms in total. The average Bonchev–Trinajstić information content (AvgIpc) is 3.00. The monoisotopic (exact) mass is 344 g/mol. The van der Waals surface area contributed by atoms with Crippen LogP contribution in [0.3, 0.4) is 0 Å². The first-order valence-electron chi connectivity index (χ1n) is 8.24. The van der Waals surface area contributed by atoms with Gasteiger partial charge < -0.3 is 9.80 Å².